The Morgan fingerprint density at radius 1 is 1.48 bits per heavy atom. The van der Waals surface area contributed by atoms with Gasteiger partial charge >= 0.3 is 0 Å². The molecule has 2 atom stereocenters. The van der Waals surface area contributed by atoms with Crippen molar-refractivity contribution in [2.45, 2.75) is 12.0 Å². The zero-order chi connectivity index (χ0) is 16.3. The molecule has 1 aliphatic rings. The van der Waals surface area contributed by atoms with E-state index < -0.39 is 17.2 Å². The number of nitrogens with zero attached hydrogens (tertiary/aromatic N) is 3. The second-order valence-electron chi connectivity index (χ2n) is 5.18. The lowest BCUT2D eigenvalue weighted by Crippen LogP contribution is -2.25. The van der Waals surface area contributed by atoms with E-state index in [-0.39, 0.29) is 11.5 Å². The normalized spacial score (nSPS) is 23.5. The maximum atomic E-state index is 14.3. The van der Waals surface area contributed by atoms with Crippen molar-refractivity contribution in [1.82, 2.24) is 14.8 Å². The van der Waals surface area contributed by atoms with Gasteiger partial charge in [0.15, 0.2) is 5.60 Å². The summed E-state index contributed by atoms with van der Waals surface area (Å²) < 4.78 is 39.7. The van der Waals surface area contributed by atoms with E-state index in [1.165, 1.54) is 29.5 Å². The molecular weight excluding hydrogens is 419 g/mol. The predicted molar refractivity (Wildman–Crippen MR) is 85.3 cm³/mol. The van der Waals surface area contributed by atoms with Gasteiger partial charge in [0.1, 0.15) is 47.3 Å². The Balaban J connectivity index is 2.00. The molecule has 1 saturated heterocycles. The molecule has 1 aromatic heterocycles. The molecule has 1 aromatic carbocycles. The summed E-state index contributed by atoms with van der Waals surface area (Å²) in [6.07, 6.45) is 3.23. The summed E-state index contributed by atoms with van der Waals surface area (Å²) in [5, 5.41) is 3.89. The van der Waals surface area contributed by atoms with Crippen LogP contribution in [0.15, 0.2) is 30.9 Å². The first-order valence-electron chi connectivity index (χ1n) is 6.84. The molecule has 0 saturated carbocycles. The Labute approximate surface area is 145 Å². The third-order valence-electron chi connectivity index (χ3n) is 3.60. The third kappa shape index (κ3) is 3.52. The van der Waals surface area contributed by atoms with Crippen molar-refractivity contribution < 1.29 is 16.6 Å². The van der Waals surface area contributed by atoms with Crippen LogP contribution in [0, 0.1) is 29.5 Å². The van der Waals surface area contributed by atoms with Crippen molar-refractivity contribution >= 4 is 23.0 Å². The number of hydrogen-bond donors (Lipinski definition) is 0. The third-order valence-corrected chi connectivity index (χ3v) is 3.96. The summed E-state index contributed by atoms with van der Waals surface area (Å²) in [7, 11) is 0. The predicted octanol–water partition coefficient (Wildman–Crippen LogP) is 2.66. The van der Waals surface area contributed by atoms with Crippen molar-refractivity contribution in [2.75, 3.05) is 13.2 Å². The second-order valence-corrected chi connectivity index (χ2v) is 5.81. The molecule has 1 fully saturated rings. The highest BCUT2D eigenvalue weighted by molar-refractivity contribution is 14.1. The van der Waals surface area contributed by atoms with Crippen LogP contribution in [-0.2, 0) is 13.4 Å². The Hall–Kier alpha value is -1.57. The van der Waals surface area contributed by atoms with E-state index in [1.807, 2.05) is 0 Å². The van der Waals surface area contributed by atoms with Crippen LogP contribution in [0.1, 0.15) is 12.0 Å². The van der Waals surface area contributed by atoms with Crippen LogP contribution < -0.4 is 0 Å². The molecule has 0 spiro atoms. The molecule has 2 aromatic rings. The SMILES string of the molecule is Fc1ccc(C2(C#Cn3cncn3)C[C@H](COI)CO2)c(F)c1. The molecule has 1 unspecified atom stereocenters. The van der Waals surface area contributed by atoms with E-state index >= 15 is 0 Å². The van der Waals surface area contributed by atoms with Gasteiger partial charge in [0, 0.05) is 23.6 Å². The highest BCUT2D eigenvalue weighted by Gasteiger charge is 2.43. The van der Waals surface area contributed by atoms with Crippen LogP contribution in [0.2, 0.25) is 0 Å². The number of aromatic nitrogens is 3. The van der Waals surface area contributed by atoms with Crippen LogP contribution in [0.5, 0.6) is 0 Å². The molecule has 0 bridgehead atoms. The van der Waals surface area contributed by atoms with Gasteiger partial charge in [-0.3, -0.25) is 0 Å². The minimum Gasteiger partial charge on any atom is -0.358 e. The zero-order valence-electron chi connectivity index (χ0n) is 11.9. The number of benzene rings is 1. The van der Waals surface area contributed by atoms with Crippen molar-refractivity contribution in [3.05, 3.63) is 48.1 Å². The molecule has 23 heavy (non-hydrogen) atoms. The van der Waals surface area contributed by atoms with Crippen LogP contribution in [0.4, 0.5) is 8.78 Å². The maximum Gasteiger partial charge on any atom is 0.159 e. The van der Waals surface area contributed by atoms with Gasteiger partial charge in [0.25, 0.3) is 0 Å². The van der Waals surface area contributed by atoms with Gasteiger partial charge in [0.2, 0.25) is 0 Å². The Bertz CT molecular complexity index is 745. The molecular formula is C15H12F2IN3O2. The molecule has 1 aliphatic heterocycles. The molecule has 0 aliphatic carbocycles. The van der Waals surface area contributed by atoms with Gasteiger partial charge in [-0.15, -0.1) is 5.10 Å². The standard InChI is InChI=1S/C15H12F2IN3O2/c16-12-1-2-13(14(17)5-12)15(3-4-21-10-19-9-20-21)6-11(7-22-15)8-23-18/h1-2,5,9-11H,6-8H2/t11-,15?/m0/s1. The molecule has 8 heteroatoms. The van der Waals surface area contributed by atoms with Crippen molar-refractivity contribution in [3.8, 4) is 12.0 Å². The number of hydrogen-bond acceptors (Lipinski definition) is 4. The molecule has 5 nitrogen and oxygen atoms in total. The topological polar surface area (TPSA) is 49.2 Å². The van der Waals surface area contributed by atoms with Crippen LogP contribution in [0.25, 0.3) is 0 Å². The van der Waals surface area contributed by atoms with Crippen LogP contribution in [0.3, 0.4) is 0 Å². The summed E-state index contributed by atoms with van der Waals surface area (Å²) in [5.74, 6) is 1.67. The molecule has 0 amide bonds. The van der Waals surface area contributed by atoms with E-state index in [9.17, 15) is 8.78 Å². The number of ether oxygens (including phenoxy) is 1. The summed E-state index contributed by atoms with van der Waals surface area (Å²) >= 11 is 1.81. The lowest BCUT2D eigenvalue weighted by atomic mass is 9.87. The molecule has 3 rings (SSSR count). The highest BCUT2D eigenvalue weighted by atomic mass is 127. The van der Waals surface area contributed by atoms with Gasteiger partial charge in [-0.2, -0.15) is 4.68 Å². The monoisotopic (exact) mass is 431 g/mol. The molecule has 120 valence electrons. The summed E-state index contributed by atoms with van der Waals surface area (Å²) in [4.78, 5) is 3.80. The highest BCUT2D eigenvalue weighted by Crippen LogP contribution is 2.40. The summed E-state index contributed by atoms with van der Waals surface area (Å²) in [6, 6.07) is 6.17. The second kappa shape index (κ2) is 6.90. The van der Waals surface area contributed by atoms with Gasteiger partial charge in [-0.05, 0) is 24.5 Å². The Kier molecular flexibility index (Phi) is 4.89. The first kappa shape index (κ1) is 16.3. The first-order valence-corrected chi connectivity index (χ1v) is 7.72. The first-order chi connectivity index (χ1) is 11.1. The van der Waals surface area contributed by atoms with E-state index in [0.29, 0.717) is 19.6 Å². The summed E-state index contributed by atoms with van der Waals surface area (Å²) in [5.41, 5.74) is -0.953. The van der Waals surface area contributed by atoms with Gasteiger partial charge < -0.3 is 7.80 Å². The van der Waals surface area contributed by atoms with Crippen molar-refractivity contribution in [3.63, 3.8) is 0 Å². The Morgan fingerprint density at radius 3 is 3.04 bits per heavy atom. The van der Waals surface area contributed by atoms with Crippen LogP contribution in [-0.4, -0.2) is 28.0 Å². The molecule has 0 radical (unpaired) electrons. The van der Waals surface area contributed by atoms with Gasteiger partial charge in [0.05, 0.1) is 13.2 Å². The average molecular weight is 431 g/mol. The van der Waals surface area contributed by atoms with E-state index in [1.54, 1.807) is 23.0 Å². The number of rotatable bonds is 3. The van der Waals surface area contributed by atoms with E-state index in [4.69, 9.17) is 7.80 Å². The largest absolute Gasteiger partial charge is 0.358 e. The number of halogens is 3. The fourth-order valence-electron chi connectivity index (χ4n) is 2.55. The molecule has 2 heterocycles. The summed E-state index contributed by atoms with van der Waals surface area (Å²) in [6.45, 7) is 0.849. The van der Waals surface area contributed by atoms with Crippen molar-refractivity contribution in [1.29, 1.82) is 0 Å². The molecule has 0 N–H and O–H groups in total. The smallest absolute Gasteiger partial charge is 0.159 e. The van der Waals surface area contributed by atoms with Crippen molar-refractivity contribution in [2.24, 2.45) is 5.92 Å². The Morgan fingerprint density at radius 2 is 2.35 bits per heavy atom. The van der Waals surface area contributed by atoms with Gasteiger partial charge in [-0.1, -0.05) is 0 Å². The average Bonchev–Trinajstić information content (AvgIpc) is 3.16. The quantitative estimate of drug-likeness (QED) is 0.554. The zero-order valence-corrected chi connectivity index (χ0v) is 14.0. The fourth-order valence-corrected chi connectivity index (χ4v) is 3.06. The van der Waals surface area contributed by atoms with E-state index in [2.05, 4.69) is 22.0 Å². The maximum absolute atomic E-state index is 14.3. The van der Waals surface area contributed by atoms with E-state index in [0.717, 1.165) is 6.07 Å². The minimum atomic E-state index is -1.16. The minimum absolute atomic E-state index is 0.0707. The fraction of sp³-hybridized carbons (Fsp3) is 0.333. The van der Waals surface area contributed by atoms with Gasteiger partial charge in [-0.25, -0.2) is 13.8 Å². The van der Waals surface area contributed by atoms with Crippen LogP contribution >= 0.6 is 23.0 Å². The lowest BCUT2D eigenvalue weighted by molar-refractivity contribution is 0.0454. The lowest BCUT2D eigenvalue weighted by Gasteiger charge is -2.23.